The highest BCUT2D eigenvalue weighted by Crippen LogP contribution is 2.50. The molecule has 38 heavy (non-hydrogen) atoms. The van der Waals surface area contributed by atoms with E-state index in [0.717, 1.165) is 0 Å². The highest BCUT2D eigenvalue weighted by Gasteiger charge is 2.31. The van der Waals surface area contributed by atoms with Crippen molar-refractivity contribution in [2.45, 2.75) is 39.3 Å². The Labute approximate surface area is 235 Å². The highest BCUT2D eigenvalue weighted by atomic mass is 31.1. The molecule has 4 aromatic carbocycles. The molecule has 0 fully saturated rings. The van der Waals surface area contributed by atoms with E-state index in [1.165, 1.54) is 21.2 Å². The molecule has 0 saturated heterocycles. The first-order chi connectivity index (χ1) is 18.2. The lowest BCUT2D eigenvalue weighted by Gasteiger charge is -2.32. The van der Waals surface area contributed by atoms with Gasteiger partial charge >= 0.3 is 0 Å². The van der Waals surface area contributed by atoms with E-state index in [1.807, 2.05) is 0 Å². The molecule has 4 rings (SSSR count). The van der Waals surface area contributed by atoms with Gasteiger partial charge in [-0.25, -0.2) is 0 Å². The fraction of sp³-hybridized carbons (Fsp3) is 0.176. The van der Waals surface area contributed by atoms with E-state index < -0.39 is 32.0 Å². The van der Waals surface area contributed by atoms with Crippen molar-refractivity contribution in [2.24, 2.45) is 0 Å². The third-order valence-corrected chi connectivity index (χ3v) is 19.8. The zero-order valence-corrected chi connectivity index (χ0v) is 27.4. The second-order valence-electron chi connectivity index (χ2n) is 11.6. The summed E-state index contributed by atoms with van der Waals surface area (Å²) in [4.78, 5) is 3.30. The summed E-state index contributed by atoms with van der Waals surface area (Å²) in [6, 6.07) is 44.8. The second kappa shape index (κ2) is 12.7. The van der Waals surface area contributed by atoms with Crippen LogP contribution in [-0.4, -0.2) is 16.1 Å². The summed E-state index contributed by atoms with van der Waals surface area (Å²) in [5.41, 5.74) is 0. The van der Waals surface area contributed by atoms with E-state index in [0.29, 0.717) is 0 Å². The molecule has 0 aliphatic rings. The monoisotopic (exact) mass is 566 g/mol. The first-order valence-corrected chi connectivity index (χ1v) is 23.1. The maximum absolute atomic E-state index is 2.58. The van der Waals surface area contributed by atoms with Gasteiger partial charge in [0.1, 0.15) is 0 Å². The van der Waals surface area contributed by atoms with Crippen molar-refractivity contribution in [3.63, 3.8) is 0 Å². The maximum Gasteiger partial charge on any atom is 0.0790 e. The smallest absolute Gasteiger partial charge is 0.0656 e. The Bertz CT molecular complexity index is 1160. The number of rotatable bonds is 9. The SMILES string of the molecule is C[Si](C)(C)/C(=C/C=C(\P(c1ccccc1)c1ccccc1)[Si](C)(C)C)P(c1ccccc1)c1ccccc1. The fourth-order valence-electron chi connectivity index (χ4n) is 4.64. The Morgan fingerprint density at radius 1 is 0.395 bits per heavy atom. The standard InChI is InChI=1S/C34H40P2Si2/c1-37(2,3)33(35(29-19-11-7-12-20-29)30-21-13-8-14-22-30)27-28-34(38(4,5)6)36(31-23-15-9-16-24-31)32-25-17-10-18-26-32/h7-28H,1-6H3/b33-27+,34-28+. The summed E-state index contributed by atoms with van der Waals surface area (Å²) < 4.78 is 0. The largest absolute Gasteiger partial charge is 0.0790 e. The van der Waals surface area contributed by atoms with E-state index in [2.05, 4.69) is 173 Å². The number of hydrogen-bond donors (Lipinski definition) is 0. The Hall–Kier alpha value is -2.35. The van der Waals surface area contributed by atoms with Crippen molar-refractivity contribution in [1.82, 2.24) is 0 Å². The van der Waals surface area contributed by atoms with Gasteiger partial charge in [0.05, 0.1) is 16.1 Å². The van der Waals surface area contributed by atoms with Crippen LogP contribution in [0.4, 0.5) is 0 Å². The Morgan fingerprint density at radius 2 is 0.605 bits per heavy atom. The van der Waals surface area contributed by atoms with Gasteiger partial charge in [0, 0.05) is 0 Å². The molecule has 0 atom stereocenters. The molecule has 0 amide bonds. The average Bonchev–Trinajstić information content (AvgIpc) is 2.91. The molecule has 0 unspecified atom stereocenters. The van der Waals surface area contributed by atoms with Gasteiger partial charge in [0.2, 0.25) is 0 Å². The molecule has 0 heterocycles. The van der Waals surface area contributed by atoms with Gasteiger partial charge in [0.25, 0.3) is 0 Å². The summed E-state index contributed by atoms with van der Waals surface area (Å²) in [6.45, 7) is 15.1. The summed E-state index contributed by atoms with van der Waals surface area (Å²) >= 11 is 0. The fourth-order valence-corrected chi connectivity index (χ4v) is 16.8. The van der Waals surface area contributed by atoms with E-state index in [1.54, 1.807) is 9.87 Å². The zero-order chi connectivity index (χ0) is 27.2. The molecular weight excluding hydrogens is 526 g/mol. The van der Waals surface area contributed by atoms with Crippen molar-refractivity contribution in [1.29, 1.82) is 0 Å². The summed E-state index contributed by atoms with van der Waals surface area (Å²) in [5, 5.41) is 5.77. The van der Waals surface area contributed by atoms with Crippen molar-refractivity contribution in [2.75, 3.05) is 0 Å². The lowest BCUT2D eigenvalue weighted by molar-refractivity contribution is 1.68. The molecule has 194 valence electrons. The third kappa shape index (κ3) is 7.19. The van der Waals surface area contributed by atoms with Gasteiger partial charge in [-0.05, 0) is 46.9 Å². The van der Waals surface area contributed by atoms with Gasteiger partial charge in [-0.15, -0.1) is 0 Å². The molecule has 0 aliphatic carbocycles. The molecule has 0 radical (unpaired) electrons. The molecule has 0 nitrogen and oxygen atoms in total. The zero-order valence-electron chi connectivity index (χ0n) is 23.6. The van der Waals surface area contributed by atoms with Crippen LogP contribution in [0.5, 0.6) is 0 Å². The first-order valence-electron chi connectivity index (χ1n) is 13.4. The van der Waals surface area contributed by atoms with E-state index in [-0.39, 0.29) is 0 Å². The predicted octanol–water partition coefficient (Wildman–Crippen LogP) is 8.77. The van der Waals surface area contributed by atoms with E-state index in [9.17, 15) is 0 Å². The minimum atomic E-state index is -1.67. The van der Waals surface area contributed by atoms with Crippen LogP contribution < -0.4 is 21.2 Å². The summed E-state index contributed by atoms with van der Waals surface area (Å²) in [6.07, 6.45) is 5.15. The van der Waals surface area contributed by atoms with Crippen molar-refractivity contribution in [3.8, 4) is 0 Å². The van der Waals surface area contributed by atoms with Crippen LogP contribution >= 0.6 is 15.8 Å². The quantitative estimate of drug-likeness (QED) is 0.108. The van der Waals surface area contributed by atoms with Crippen LogP contribution in [0, 0.1) is 0 Å². The molecule has 0 bridgehead atoms. The van der Waals surface area contributed by atoms with Crippen LogP contribution in [-0.2, 0) is 0 Å². The lowest BCUT2D eigenvalue weighted by atomic mass is 10.4. The van der Waals surface area contributed by atoms with Crippen LogP contribution in [0.25, 0.3) is 0 Å². The molecular formula is C34H40P2Si2. The molecule has 0 saturated carbocycles. The van der Waals surface area contributed by atoms with Crippen molar-refractivity contribution >= 4 is 53.2 Å². The molecule has 4 aromatic rings. The van der Waals surface area contributed by atoms with Gasteiger partial charge in [0.15, 0.2) is 0 Å². The molecule has 4 heteroatoms. The van der Waals surface area contributed by atoms with Crippen LogP contribution in [0.3, 0.4) is 0 Å². The lowest BCUT2D eigenvalue weighted by Crippen LogP contribution is -2.30. The molecule has 0 aromatic heterocycles. The minimum Gasteiger partial charge on any atom is -0.0656 e. The Kier molecular flexibility index (Phi) is 9.56. The maximum atomic E-state index is 2.58. The minimum absolute atomic E-state index is 0.596. The second-order valence-corrected chi connectivity index (χ2v) is 26.9. The Morgan fingerprint density at radius 3 is 0.789 bits per heavy atom. The van der Waals surface area contributed by atoms with Gasteiger partial charge < -0.3 is 0 Å². The van der Waals surface area contributed by atoms with Crippen molar-refractivity contribution < 1.29 is 0 Å². The van der Waals surface area contributed by atoms with Crippen LogP contribution in [0.2, 0.25) is 39.3 Å². The van der Waals surface area contributed by atoms with Crippen molar-refractivity contribution in [3.05, 3.63) is 143 Å². The number of hydrogen-bond acceptors (Lipinski definition) is 0. The topological polar surface area (TPSA) is 0 Å². The Balaban J connectivity index is 1.95. The van der Waals surface area contributed by atoms with Crippen LogP contribution in [0.15, 0.2) is 143 Å². The van der Waals surface area contributed by atoms with Gasteiger partial charge in [-0.1, -0.05) is 173 Å². The van der Waals surface area contributed by atoms with Crippen LogP contribution in [0.1, 0.15) is 0 Å². The molecule has 0 aliphatic heterocycles. The molecule has 0 spiro atoms. The number of allylic oxidation sites excluding steroid dienone is 2. The summed E-state index contributed by atoms with van der Waals surface area (Å²) in [5.74, 6) is 0. The first kappa shape index (κ1) is 28.7. The average molecular weight is 567 g/mol. The number of benzene rings is 4. The highest BCUT2D eigenvalue weighted by molar-refractivity contribution is 7.80. The molecule has 0 N–H and O–H groups in total. The van der Waals surface area contributed by atoms with E-state index >= 15 is 0 Å². The predicted molar refractivity (Wildman–Crippen MR) is 181 cm³/mol. The van der Waals surface area contributed by atoms with Gasteiger partial charge in [-0.2, -0.15) is 0 Å². The normalized spacial score (nSPS) is 13.3. The third-order valence-electron chi connectivity index (χ3n) is 6.48. The summed E-state index contributed by atoms with van der Waals surface area (Å²) in [7, 11) is -4.52. The van der Waals surface area contributed by atoms with Gasteiger partial charge in [-0.3, -0.25) is 0 Å². The van der Waals surface area contributed by atoms with E-state index in [4.69, 9.17) is 0 Å².